The lowest BCUT2D eigenvalue weighted by Crippen LogP contribution is -2.34. The van der Waals surface area contributed by atoms with Crippen molar-refractivity contribution in [3.8, 4) is 5.75 Å². The Bertz CT molecular complexity index is 921. The Morgan fingerprint density at radius 2 is 1.79 bits per heavy atom. The second-order valence-corrected chi connectivity index (χ2v) is 7.29. The van der Waals surface area contributed by atoms with E-state index in [9.17, 15) is 14.0 Å². The summed E-state index contributed by atoms with van der Waals surface area (Å²) in [6, 6.07) is 16.6. The number of benzene rings is 2. The van der Waals surface area contributed by atoms with Gasteiger partial charge in [0.1, 0.15) is 11.6 Å². The van der Waals surface area contributed by atoms with E-state index in [2.05, 4.69) is 5.32 Å². The summed E-state index contributed by atoms with van der Waals surface area (Å²) in [4.78, 5) is 26.2. The molecule has 0 saturated carbocycles. The smallest absolute Gasteiger partial charge is 0.228 e. The molecule has 0 radical (unpaired) electrons. The molecule has 1 aromatic heterocycles. The lowest BCUT2D eigenvalue weighted by Gasteiger charge is -2.17. The Kier molecular flexibility index (Phi) is 6.55. The predicted octanol–water partition coefficient (Wildman–Crippen LogP) is 4.22. The molecule has 0 spiro atoms. The third-order valence-electron chi connectivity index (χ3n) is 4.41. The molecule has 0 aliphatic carbocycles. The van der Waals surface area contributed by atoms with Gasteiger partial charge < -0.3 is 10.1 Å². The van der Waals surface area contributed by atoms with Crippen LogP contribution in [0.15, 0.2) is 66.0 Å². The zero-order valence-electron chi connectivity index (χ0n) is 15.4. The number of Topliss-reactive ketones (excluding diaryl/α,β-unsaturated/α-hetero) is 1. The summed E-state index contributed by atoms with van der Waals surface area (Å²) in [5.41, 5.74) is 1.21. The zero-order chi connectivity index (χ0) is 19.9. The van der Waals surface area contributed by atoms with Gasteiger partial charge in [0.15, 0.2) is 5.78 Å². The standard InChI is InChI=1S/C22H20FNO3S/c1-27-18-10-6-15(7-11-18)20(13-19-3-2-12-28-19)22(26)24-14-21(25)16-4-8-17(23)9-5-16/h2-12,20H,13-14H2,1H3,(H,24,26). The largest absolute Gasteiger partial charge is 0.497 e. The van der Waals surface area contributed by atoms with E-state index in [0.717, 1.165) is 10.4 Å². The SMILES string of the molecule is COc1ccc(C(Cc2cccs2)C(=O)NCC(=O)c2ccc(F)cc2)cc1. The van der Waals surface area contributed by atoms with Crippen molar-refractivity contribution in [3.63, 3.8) is 0 Å². The van der Waals surface area contributed by atoms with Gasteiger partial charge in [-0.25, -0.2) is 4.39 Å². The van der Waals surface area contributed by atoms with Crippen molar-refractivity contribution in [1.29, 1.82) is 0 Å². The van der Waals surface area contributed by atoms with Crippen LogP contribution in [0, 0.1) is 5.82 Å². The molecule has 0 aliphatic heterocycles. The number of halogens is 1. The third-order valence-corrected chi connectivity index (χ3v) is 5.31. The number of hydrogen-bond donors (Lipinski definition) is 1. The van der Waals surface area contributed by atoms with Crippen molar-refractivity contribution in [2.45, 2.75) is 12.3 Å². The highest BCUT2D eigenvalue weighted by molar-refractivity contribution is 7.09. The molecule has 1 N–H and O–H groups in total. The number of hydrogen-bond acceptors (Lipinski definition) is 4. The van der Waals surface area contributed by atoms with Crippen molar-refractivity contribution in [3.05, 3.63) is 87.9 Å². The highest BCUT2D eigenvalue weighted by Gasteiger charge is 2.22. The first kappa shape index (κ1) is 19.8. The van der Waals surface area contributed by atoms with Gasteiger partial charge in [0.05, 0.1) is 19.6 Å². The molecule has 3 rings (SSSR count). The molecule has 1 unspecified atom stereocenters. The van der Waals surface area contributed by atoms with E-state index >= 15 is 0 Å². The van der Waals surface area contributed by atoms with Gasteiger partial charge in [0, 0.05) is 10.4 Å². The van der Waals surface area contributed by atoms with Crippen LogP contribution < -0.4 is 10.1 Å². The quantitative estimate of drug-likeness (QED) is 0.579. The Balaban J connectivity index is 1.72. The lowest BCUT2D eigenvalue weighted by atomic mass is 9.94. The Hall–Kier alpha value is -2.99. The summed E-state index contributed by atoms with van der Waals surface area (Å²) >= 11 is 1.59. The van der Waals surface area contributed by atoms with Crippen LogP contribution in [0.4, 0.5) is 4.39 Å². The number of methoxy groups -OCH3 is 1. The van der Waals surface area contributed by atoms with Crippen LogP contribution in [0.25, 0.3) is 0 Å². The fraction of sp³-hybridized carbons (Fsp3) is 0.182. The first-order valence-electron chi connectivity index (χ1n) is 8.79. The topological polar surface area (TPSA) is 55.4 Å². The molecule has 28 heavy (non-hydrogen) atoms. The molecule has 3 aromatic rings. The van der Waals surface area contributed by atoms with Gasteiger partial charge in [0.2, 0.25) is 5.91 Å². The van der Waals surface area contributed by atoms with Crippen molar-refractivity contribution < 1.29 is 18.7 Å². The summed E-state index contributed by atoms with van der Waals surface area (Å²) in [5, 5.41) is 4.69. The molecule has 4 nitrogen and oxygen atoms in total. The first-order chi connectivity index (χ1) is 13.6. The van der Waals surface area contributed by atoms with Crippen LogP contribution in [0.2, 0.25) is 0 Å². The summed E-state index contributed by atoms with van der Waals surface area (Å²) in [7, 11) is 1.59. The predicted molar refractivity (Wildman–Crippen MR) is 107 cm³/mol. The Labute approximate surface area is 167 Å². The van der Waals surface area contributed by atoms with Crippen LogP contribution in [0.3, 0.4) is 0 Å². The molecule has 144 valence electrons. The number of ether oxygens (including phenoxy) is 1. The third kappa shape index (κ3) is 5.04. The highest BCUT2D eigenvalue weighted by Crippen LogP contribution is 2.25. The van der Waals surface area contributed by atoms with Gasteiger partial charge >= 0.3 is 0 Å². The van der Waals surface area contributed by atoms with Gasteiger partial charge in [-0.3, -0.25) is 9.59 Å². The van der Waals surface area contributed by atoms with E-state index in [4.69, 9.17) is 4.74 Å². The van der Waals surface area contributed by atoms with Crippen LogP contribution in [-0.2, 0) is 11.2 Å². The molecule has 2 aromatic carbocycles. The summed E-state index contributed by atoms with van der Waals surface area (Å²) in [5.74, 6) is -0.612. The molecule has 1 heterocycles. The minimum Gasteiger partial charge on any atom is -0.497 e. The van der Waals surface area contributed by atoms with Crippen molar-refractivity contribution >= 4 is 23.0 Å². The minimum atomic E-state index is -0.425. The van der Waals surface area contributed by atoms with Crippen LogP contribution in [0.5, 0.6) is 5.75 Å². The minimum absolute atomic E-state index is 0.137. The summed E-state index contributed by atoms with van der Waals surface area (Å²) in [6.45, 7) is -0.137. The molecule has 6 heteroatoms. The maximum absolute atomic E-state index is 13.0. The first-order valence-corrected chi connectivity index (χ1v) is 9.67. The summed E-state index contributed by atoms with van der Waals surface area (Å²) in [6.07, 6.45) is 0.542. The molecule has 1 amide bonds. The van der Waals surface area contributed by atoms with E-state index in [1.165, 1.54) is 24.3 Å². The Morgan fingerprint density at radius 3 is 2.39 bits per heavy atom. The van der Waals surface area contributed by atoms with Gasteiger partial charge in [0.25, 0.3) is 0 Å². The molecule has 0 fully saturated rings. The molecule has 0 saturated heterocycles. The maximum atomic E-state index is 13.0. The normalized spacial score (nSPS) is 11.6. The zero-order valence-corrected chi connectivity index (χ0v) is 16.2. The fourth-order valence-electron chi connectivity index (χ4n) is 2.86. The van der Waals surface area contributed by atoms with E-state index in [-0.39, 0.29) is 18.2 Å². The average molecular weight is 397 g/mol. The molecular formula is C22H20FNO3S. The molecule has 1 atom stereocenters. The van der Waals surface area contributed by atoms with E-state index in [0.29, 0.717) is 17.7 Å². The fourth-order valence-corrected chi connectivity index (χ4v) is 3.61. The van der Waals surface area contributed by atoms with E-state index in [1.807, 2.05) is 41.8 Å². The van der Waals surface area contributed by atoms with Crippen molar-refractivity contribution in [2.24, 2.45) is 0 Å². The van der Waals surface area contributed by atoms with Crippen molar-refractivity contribution in [1.82, 2.24) is 5.32 Å². The number of carbonyl (C=O) groups is 2. The number of amides is 1. The van der Waals surface area contributed by atoms with Gasteiger partial charge in [-0.15, -0.1) is 11.3 Å². The van der Waals surface area contributed by atoms with Crippen LogP contribution in [-0.4, -0.2) is 25.3 Å². The lowest BCUT2D eigenvalue weighted by molar-refractivity contribution is -0.122. The number of ketones is 1. The number of thiophene rings is 1. The summed E-state index contributed by atoms with van der Waals surface area (Å²) < 4.78 is 18.2. The van der Waals surface area contributed by atoms with E-state index in [1.54, 1.807) is 18.4 Å². The van der Waals surface area contributed by atoms with Gasteiger partial charge in [-0.1, -0.05) is 18.2 Å². The van der Waals surface area contributed by atoms with Crippen LogP contribution >= 0.6 is 11.3 Å². The molecule has 0 aliphatic rings. The van der Waals surface area contributed by atoms with Gasteiger partial charge in [-0.05, 0) is 59.8 Å². The second kappa shape index (κ2) is 9.28. The van der Waals surface area contributed by atoms with E-state index < -0.39 is 11.7 Å². The van der Waals surface area contributed by atoms with Crippen molar-refractivity contribution in [2.75, 3.05) is 13.7 Å². The number of nitrogens with one attached hydrogen (secondary N) is 1. The number of rotatable bonds is 8. The number of carbonyl (C=O) groups excluding carboxylic acids is 2. The molecule has 0 bridgehead atoms. The maximum Gasteiger partial charge on any atom is 0.228 e. The Morgan fingerprint density at radius 1 is 1.07 bits per heavy atom. The van der Waals surface area contributed by atoms with Gasteiger partial charge in [-0.2, -0.15) is 0 Å². The van der Waals surface area contributed by atoms with Crippen LogP contribution in [0.1, 0.15) is 26.7 Å². The second-order valence-electron chi connectivity index (χ2n) is 6.26. The molecular weight excluding hydrogens is 377 g/mol. The highest BCUT2D eigenvalue weighted by atomic mass is 32.1. The monoisotopic (exact) mass is 397 g/mol. The average Bonchev–Trinajstić information content (AvgIpc) is 3.24.